The molecular weight excluding hydrogens is 1350 g/mol. The second-order valence-electron chi connectivity index (χ2n) is 26.8. The minimum atomic E-state index is 0.622. The first-order chi connectivity index (χ1) is 54.5. The van der Waals surface area contributed by atoms with Crippen molar-refractivity contribution < 1.29 is 8.83 Å². The minimum absolute atomic E-state index is 0.622. The molecular formula is C100H64N8O2. The molecule has 0 unspecified atom stereocenters. The van der Waals surface area contributed by atoms with E-state index in [9.17, 15) is 0 Å². The predicted molar refractivity (Wildman–Crippen MR) is 446 cm³/mol. The summed E-state index contributed by atoms with van der Waals surface area (Å²) in [6, 6.07) is 132. The van der Waals surface area contributed by atoms with Crippen molar-refractivity contribution in [1.29, 1.82) is 0 Å². The highest BCUT2D eigenvalue weighted by molar-refractivity contribution is 6.18. The Morgan fingerprint density at radius 3 is 0.736 bits per heavy atom. The number of para-hydroxylation sites is 2. The predicted octanol–water partition coefficient (Wildman–Crippen LogP) is 25.7. The number of fused-ring (bicyclic) bond motifs is 6. The molecule has 0 saturated carbocycles. The van der Waals surface area contributed by atoms with Crippen LogP contribution in [0.4, 0.5) is 0 Å². The van der Waals surface area contributed by atoms with Crippen molar-refractivity contribution in [3.05, 3.63) is 388 Å². The Balaban J connectivity index is 0.000000149. The van der Waals surface area contributed by atoms with Gasteiger partial charge in [0, 0.05) is 77.5 Å². The van der Waals surface area contributed by atoms with Crippen molar-refractivity contribution in [2.75, 3.05) is 0 Å². The monoisotopic (exact) mass is 1410 g/mol. The van der Waals surface area contributed by atoms with E-state index in [-0.39, 0.29) is 0 Å². The molecule has 0 amide bonds. The van der Waals surface area contributed by atoms with Gasteiger partial charge in [-0.2, -0.15) is 0 Å². The summed E-state index contributed by atoms with van der Waals surface area (Å²) >= 11 is 0. The van der Waals surface area contributed by atoms with E-state index >= 15 is 0 Å². The quantitative estimate of drug-likeness (QED) is 0.104. The highest BCUT2D eigenvalue weighted by Crippen LogP contribution is 2.49. The summed E-state index contributed by atoms with van der Waals surface area (Å²) in [6.45, 7) is 0. The van der Waals surface area contributed by atoms with Crippen molar-refractivity contribution >= 4 is 43.7 Å². The van der Waals surface area contributed by atoms with Crippen LogP contribution in [-0.2, 0) is 0 Å². The SMILES string of the molecule is c1ccc(-c2nc(-c3ccccc3)nc(-c3ccc(-c4ccc(-c5nc6ccccc6c6oc(-c7ccccc7)c(-c7ccccc7)c56)cc4)cc3)n2)cc1.c1ccc(-c2nc(-c3ccccc3)nc(-c3cccc(-c4ccc(-c5nc6ccccc6c6oc(-c7ccccc7)c(-c7ccccc7)c56)cc4)c3)n2)cc1. The molecule has 0 bridgehead atoms. The van der Waals surface area contributed by atoms with E-state index in [1.165, 1.54) is 0 Å². The van der Waals surface area contributed by atoms with Crippen LogP contribution in [-0.4, -0.2) is 39.9 Å². The van der Waals surface area contributed by atoms with Crippen LogP contribution in [0, 0.1) is 0 Å². The van der Waals surface area contributed by atoms with Gasteiger partial charge in [-0.15, -0.1) is 0 Å². The van der Waals surface area contributed by atoms with Crippen LogP contribution in [0.1, 0.15) is 0 Å². The summed E-state index contributed by atoms with van der Waals surface area (Å²) in [5, 5.41) is 3.97. The summed E-state index contributed by atoms with van der Waals surface area (Å²) in [5.74, 6) is 5.48. The molecule has 20 rings (SSSR count). The van der Waals surface area contributed by atoms with Gasteiger partial charge in [0.2, 0.25) is 0 Å². The first kappa shape index (κ1) is 65.7. The van der Waals surface area contributed by atoms with Crippen molar-refractivity contribution in [3.8, 4) is 158 Å². The Hall–Kier alpha value is -15.0. The fraction of sp³-hybridized carbons (Fsp3) is 0. The number of furan rings is 2. The molecule has 6 heterocycles. The highest BCUT2D eigenvalue weighted by Gasteiger charge is 2.27. The van der Waals surface area contributed by atoms with Gasteiger partial charge in [0.15, 0.2) is 34.9 Å². The van der Waals surface area contributed by atoms with Crippen LogP contribution in [0.15, 0.2) is 397 Å². The molecule has 10 heteroatoms. The molecule has 0 atom stereocenters. The zero-order valence-corrected chi connectivity index (χ0v) is 59.3. The van der Waals surface area contributed by atoms with E-state index < -0.39 is 0 Å². The molecule has 20 aromatic rings. The van der Waals surface area contributed by atoms with Gasteiger partial charge in [0.25, 0.3) is 0 Å². The number of nitrogens with zero attached hydrogens (tertiary/aromatic N) is 8. The van der Waals surface area contributed by atoms with Crippen LogP contribution in [0.5, 0.6) is 0 Å². The molecule has 0 radical (unpaired) electrons. The zero-order valence-electron chi connectivity index (χ0n) is 59.3. The van der Waals surface area contributed by atoms with Crippen LogP contribution in [0.25, 0.3) is 202 Å². The standard InChI is InChI=1S/2C50H32N4O/c1-5-16-34(17-6-1)43-44-45(51-42-27-14-13-26-41(42)47(44)55-46(43)36-18-7-2-8-19-36)35-30-28-33(29-31-35)39-24-15-25-40(32-39)50-53-48(37-20-9-3-10-21-37)52-49(54-50)38-22-11-4-12-23-38;1-5-15-35(16-6-1)43-44-45(51-42-24-14-13-23-41(42)47(44)55-46(43)37-17-7-2-8-18-37)36-29-25-33(26-30-36)34-27-31-40(32-28-34)50-53-48(38-19-9-3-10-20-38)52-49(54-50)39-21-11-4-12-22-39/h2*1-32H. The van der Waals surface area contributed by atoms with Crippen molar-refractivity contribution in [2.45, 2.75) is 0 Å². The van der Waals surface area contributed by atoms with Crippen LogP contribution < -0.4 is 0 Å². The maximum absolute atomic E-state index is 6.88. The Labute approximate surface area is 634 Å². The van der Waals surface area contributed by atoms with E-state index in [1.807, 2.05) is 194 Å². The van der Waals surface area contributed by atoms with Gasteiger partial charge >= 0.3 is 0 Å². The van der Waals surface area contributed by atoms with E-state index in [0.29, 0.717) is 34.9 Å². The molecule has 0 saturated heterocycles. The topological polar surface area (TPSA) is 129 Å². The molecule has 6 aromatic heterocycles. The van der Waals surface area contributed by atoms with Crippen molar-refractivity contribution in [1.82, 2.24) is 39.9 Å². The number of benzene rings is 14. The summed E-state index contributed by atoms with van der Waals surface area (Å²) in [5.41, 5.74) is 23.4. The molecule has 0 N–H and O–H groups in total. The average Bonchev–Trinajstić information content (AvgIpc) is 1.57. The molecule has 0 aliphatic heterocycles. The van der Waals surface area contributed by atoms with Gasteiger partial charge in [-0.25, -0.2) is 39.9 Å². The molecule has 0 spiro atoms. The third-order valence-corrected chi connectivity index (χ3v) is 19.9. The highest BCUT2D eigenvalue weighted by atomic mass is 16.3. The summed E-state index contributed by atoms with van der Waals surface area (Å²) < 4.78 is 13.7. The van der Waals surface area contributed by atoms with Gasteiger partial charge < -0.3 is 8.83 Å². The minimum Gasteiger partial charge on any atom is -0.455 e. The van der Waals surface area contributed by atoms with Crippen LogP contribution in [0.2, 0.25) is 0 Å². The average molecular weight is 1410 g/mol. The van der Waals surface area contributed by atoms with Crippen molar-refractivity contribution in [2.24, 2.45) is 0 Å². The second kappa shape index (κ2) is 29.2. The van der Waals surface area contributed by atoms with E-state index in [4.69, 9.17) is 48.7 Å². The van der Waals surface area contributed by atoms with E-state index in [0.717, 1.165) is 167 Å². The Bertz CT molecular complexity index is 6580. The van der Waals surface area contributed by atoms with Crippen molar-refractivity contribution in [3.63, 3.8) is 0 Å². The number of pyridine rings is 2. The Morgan fingerprint density at radius 2 is 0.400 bits per heavy atom. The van der Waals surface area contributed by atoms with E-state index in [1.54, 1.807) is 0 Å². The second-order valence-corrected chi connectivity index (χ2v) is 26.8. The fourth-order valence-corrected chi connectivity index (χ4v) is 14.5. The van der Waals surface area contributed by atoms with Gasteiger partial charge in [0.05, 0.1) is 33.2 Å². The maximum Gasteiger partial charge on any atom is 0.164 e. The lowest BCUT2D eigenvalue weighted by atomic mass is 9.94. The Morgan fingerprint density at radius 1 is 0.164 bits per heavy atom. The summed E-state index contributed by atoms with van der Waals surface area (Å²) in [4.78, 5) is 40.0. The van der Waals surface area contributed by atoms with Gasteiger partial charge in [-0.05, 0) is 63.7 Å². The number of rotatable bonds is 14. The van der Waals surface area contributed by atoms with Crippen LogP contribution >= 0.6 is 0 Å². The van der Waals surface area contributed by atoms with E-state index in [2.05, 4.69) is 194 Å². The third kappa shape index (κ3) is 12.9. The first-order valence-corrected chi connectivity index (χ1v) is 36.6. The first-order valence-electron chi connectivity index (χ1n) is 36.6. The van der Waals surface area contributed by atoms with Gasteiger partial charge in [0.1, 0.15) is 22.7 Å². The molecule has 110 heavy (non-hydrogen) atoms. The fourth-order valence-electron chi connectivity index (χ4n) is 14.5. The molecule has 0 fully saturated rings. The maximum atomic E-state index is 6.88. The number of aromatic nitrogens is 8. The van der Waals surface area contributed by atoms with Gasteiger partial charge in [-0.1, -0.05) is 358 Å². The largest absolute Gasteiger partial charge is 0.455 e. The Kier molecular flexibility index (Phi) is 17.4. The summed E-state index contributed by atoms with van der Waals surface area (Å²) in [7, 11) is 0. The molecule has 516 valence electrons. The molecule has 10 nitrogen and oxygen atoms in total. The molecule has 0 aliphatic carbocycles. The lowest BCUT2D eigenvalue weighted by Gasteiger charge is -2.11. The molecule has 0 aliphatic rings. The molecule has 14 aromatic carbocycles. The normalized spacial score (nSPS) is 11.3. The van der Waals surface area contributed by atoms with Crippen LogP contribution in [0.3, 0.4) is 0 Å². The van der Waals surface area contributed by atoms with Gasteiger partial charge in [-0.3, -0.25) is 0 Å². The zero-order chi connectivity index (χ0) is 73.1. The number of hydrogen-bond acceptors (Lipinski definition) is 10. The lowest BCUT2D eigenvalue weighted by Crippen LogP contribution is -2.00. The summed E-state index contributed by atoms with van der Waals surface area (Å²) in [6.07, 6.45) is 0. The smallest absolute Gasteiger partial charge is 0.164 e. The third-order valence-electron chi connectivity index (χ3n) is 19.9. The number of hydrogen-bond donors (Lipinski definition) is 0. The lowest BCUT2D eigenvalue weighted by molar-refractivity contribution is 0.635.